The number of aromatic nitrogens is 2. The van der Waals surface area contributed by atoms with Gasteiger partial charge in [0.05, 0.1) is 18.8 Å². The van der Waals surface area contributed by atoms with Crippen molar-refractivity contribution in [3.63, 3.8) is 0 Å². The van der Waals surface area contributed by atoms with E-state index in [-0.39, 0.29) is 11.7 Å². The molecule has 0 unspecified atom stereocenters. The molecule has 1 saturated heterocycles. The van der Waals surface area contributed by atoms with Gasteiger partial charge in [-0.05, 0) is 12.0 Å². The van der Waals surface area contributed by atoms with E-state index in [0.29, 0.717) is 4.57 Å². The molecule has 0 aliphatic carbocycles. The van der Waals surface area contributed by atoms with Crippen molar-refractivity contribution >= 4 is 11.7 Å². The van der Waals surface area contributed by atoms with Crippen LogP contribution < -0.4 is 16.7 Å². The lowest BCUT2D eigenvalue weighted by Crippen LogP contribution is -2.40. The molecule has 0 bridgehead atoms. The Bertz CT molecular complexity index is 664. The molecule has 8 nitrogen and oxygen atoms in total. The van der Waals surface area contributed by atoms with E-state index in [9.17, 15) is 18.4 Å². The third kappa shape index (κ3) is 3.77. The normalized spacial score (nSPS) is 24.1. The van der Waals surface area contributed by atoms with Crippen LogP contribution in [0.4, 0.5) is 14.6 Å². The highest BCUT2D eigenvalue weighted by molar-refractivity contribution is 5.93. The van der Waals surface area contributed by atoms with Crippen LogP contribution in [0, 0.1) is 5.92 Å². The zero-order valence-corrected chi connectivity index (χ0v) is 13.3. The van der Waals surface area contributed by atoms with Crippen molar-refractivity contribution in [2.45, 2.75) is 44.6 Å². The molecule has 0 saturated carbocycles. The van der Waals surface area contributed by atoms with Crippen LogP contribution in [0.15, 0.2) is 17.1 Å². The Labute approximate surface area is 136 Å². The second kappa shape index (κ2) is 6.91. The van der Waals surface area contributed by atoms with E-state index >= 15 is 0 Å². The number of aliphatic hydroxyl groups excluding tert-OH is 1. The fourth-order valence-electron chi connectivity index (χ4n) is 2.28. The first-order valence-corrected chi connectivity index (χ1v) is 7.45. The van der Waals surface area contributed by atoms with Gasteiger partial charge in [0.2, 0.25) is 12.1 Å². The molecule has 1 aromatic rings. The highest BCUT2D eigenvalue weighted by Crippen LogP contribution is 2.41. The summed E-state index contributed by atoms with van der Waals surface area (Å²) in [7, 11) is 0. The summed E-state index contributed by atoms with van der Waals surface area (Å²) in [4.78, 5) is 27.4. The topological polar surface area (TPSA) is 119 Å². The Morgan fingerprint density at radius 2 is 2.29 bits per heavy atom. The number of ether oxygens (including phenoxy) is 1. The quantitative estimate of drug-likeness (QED) is 0.695. The predicted molar refractivity (Wildman–Crippen MR) is 80.5 cm³/mol. The number of carbonyl (C=O) groups is 1. The van der Waals surface area contributed by atoms with Crippen molar-refractivity contribution in [1.29, 1.82) is 0 Å². The van der Waals surface area contributed by atoms with Crippen LogP contribution in [0.1, 0.15) is 26.5 Å². The van der Waals surface area contributed by atoms with E-state index in [4.69, 9.17) is 15.6 Å². The van der Waals surface area contributed by atoms with Gasteiger partial charge in [-0.25, -0.2) is 13.6 Å². The van der Waals surface area contributed by atoms with Crippen molar-refractivity contribution in [2.75, 3.05) is 11.9 Å². The molecule has 0 radical (unpaired) electrons. The molecule has 3 atom stereocenters. The van der Waals surface area contributed by atoms with Crippen LogP contribution in [0.5, 0.6) is 0 Å². The standard InChI is InChI=1S/C14H20F2N4O4/c1-7(2)10(17)11(22)18-9-3-4-20(13(23)19-9)12-14(15,16)5-8(6-21)24-12/h3-4,7-8,10,12,21H,5-6,17H2,1-2H3,(H,18,19,22,23)/t8-,10-,12+/m0/s1. The highest BCUT2D eigenvalue weighted by Gasteiger charge is 2.51. The summed E-state index contributed by atoms with van der Waals surface area (Å²) < 4.78 is 33.4. The second-order valence-corrected chi connectivity index (χ2v) is 6.02. The van der Waals surface area contributed by atoms with Crippen molar-refractivity contribution in [3.05, 3.63) is 22.7 Å². The van der Waals surface area contributed by atoms with Gasteiger partial charge in [0, 0.05) is 12.6 Å². The summed E-state index contributed by atoms with van der Waals surface area (Å²) in [6.07, 6.45) is -2.54. The first-order valence-electron chi connectivity index (χ1n) is 7.45. The van der Waals surface area contributed by atoms with Gasteiger partial charge >= 0.3 is 5.69 Å². The number of nitrogens with one attached hydrogen (secondary N) is 1. The second-order valence-electron chi connectivity index (χ2n) is 6.02. The number of aliphatic hydroxyl groups is 1. The van der Waals surface area contributed by atoms with Crippen LogP contribution in [0.3, 0.4) is 0 Å². The van der Waals surface area contributed by atoms with E-state index < -0.39 is 48.9 Å². The molecular formula is C14H20F2N4O4. The van der Waals surface area contributed by atoms with Crippen molar-refractivity contribution < 1.29 is 23.4 Å². The number of nitrogens with two attached hydrogens (primary N) is 1. The minimum atomic E-state index is -3.32. The number of hydrogen-bond acceptors (Lipinski definition) is 6. The van der Waals surface area contributed by atoms with Crippen LogP contribution in [0.2, 0.25) is 0 Å². The molecule has 1 fully saturated rings. The molecule has 1 amide bonds. The summed E-state index contributed by atoms with van der Waals surface area (Å²) in [5, 5.41) is 11.3. The first-order chi connectivity index (χ1) is 11.2. The molecule has 1 aromatic heterocycles. The summed E-state index contributed by atoms with van der Waals surface area (Å²) in [6.45, 7) is 2.94. The number of amides is 1. The van der Waals surface area contributed by atoms with Gasteiger partial charge < -0.3 is 20.9 Å². The van der Waals surface area contributed by atoms with Crippen LogP contribution in [0.25, 0.3) is 0 Å². The zero-order chi connectivity index (χ0) is 18.1. The molecule has 4 N–H and O–H groups in total. The lowest BCUT2D eigenvalue weighted by Gasteiger charge is -2.20. The Kier molecular flexibility index (Phi) is 5.31. The zero-order valence-electron chi connectivity index (χ0n) is 13.3. The average molecular weight is 346 g/mol. The predicted octanol–water partition coefficient (Wildman–Crippen LogP) is 0.0802. The lowest BCUT2D eigenvalue weighted by molar-refractivity contribution is -0.120. The molecule has 0 spiro atoms. The molecule has 0 aromatic carbocycles. The lowest BCUT2D eigenvalue weighted by atomic mass is 10.1. The highest BCUT2D eigenvalue weighted by atomic mass is 19.3. The van der Waals surface area contributed by atoms with Gasteiger partial charge in [0.25, 0.3) is 5.92 Å². The van der Waals surface area contributed by atoms with Crippen LogP contribution >= 0.6 is 0 Å². The Morgan fingerprint density at radius 1 is 1.62 bits per heavy atom. The smallest absolute Gasteiger partial charge is 0.351 e. The number of rotatable bonds is 5. The maximum Gasteiger partial charge on any atom is 0.351 e. The molecule has 1 aliphatic heterocycles. The summed E-state index contributed by atoms with van der Waals surface area (Å²) in [6, 6.07) is 0.417. The monoisotopic (exact) mass is 346 g/mol. The van der Waals surface area contributed by atoms with Crippen molar-refractivity contribution in [1.82, 2.24) is 9.55 Å². The van der Waals surface area contributed by atoms with Gasteiger partial charge in [0.1, 0.15) is 5.82 Å². The molecule has 24 heavy (non-hydrogen) atoms. The Morgan fingerprint density at radius 3 is 2.79 bits per heavy atom. The number of carbonyl (C=O) groups excluding carboxylic acids is 1. The fraction of sp³-hybridized carbons (Fsp3) is 0.643. The van der Waals surface area contributed by atoms with E-state index in [1.807, 2.05) is 0 Å². The van der Waals surface area contributed by atoms with Gasteiger partial charge in [-0.1, -0.05) is 13.8 Å². The Hall–Kier alpha value is -1.91. The Balaban J connectivity index is 2.19. The molecule has 10 heteroatoms. The summed E-state index contributed by atoms with van der Waals surface area (Å²) >= 11 is 0. The van der Waals surface area contributed by atoms with Crippen molar-refractivity contribution in [2.24, 2.45) is 11.7 Å². The molecule has 134 valence electrons. The maximum absolute atomic E-state index is 13.9. The summed E-state index contributed by atoms with van der Waals surface area (Å²) in [5.41, 5.74) is 4.67. The largest absolute Gasteiger partial charge is 0.394 e. The van der Waals surface area contributed by atoms with E-state index in [2.05, 4.69) is 10.3 Å². The molecule has 2 rings (SSSR count). The SMILES string of the molecule is CC(C)[C@H](N)C(=O)Nc1ccn([C@@H]2O[C@H](CO)CC2(F)F)c(=O)n1. The number of anilines is 1. The number of nitrogens with zero attached hydrogens (tertiary/aromatic N) is 2. The van der Waals surface area contributed by atoms with E-state index in [1.54, 1.807) is 13.8 Å². The first kappa shape index (κ1) is 18.4. The summed E-state index contributed by atoms with van der Waals surface area (Å²) in [5.74, 6) is -4.05. The van der Waals surface area contributed by atoms with Gasteiger partial charge in [0.15, 0.2) is 0 Å². The number of hydrogen-bond donors (Lipinski definition) is 3. The molecule has 1 aliphatic rings. The molecular weight excluding hydrogens is 326 g/mol. The minimum absolute atomic E-state index is 0.0858. The van der Waals surface area contributed by atoms with E-state index in [1.165, 1.54) is 6.07 Å². The minimum Gasteiger partial charge on any atom is -0.394 e. The molecule has 2 heterocycles. The van der Waals surface area contributed by atoms with Crippen LogP contribution in [-0.4, -0.2) is 45.2 Å². The third-order valence-corrected chi connectivity index (χ3v) is 3.74. The average Bonchev–Trinajstić information content (AvgIpc) is 2.81. The van der Waals surface area contributed by atoms with Gasteiger partial charge in [-0.15, -0.1) is 0 Å². The number of halogens is 2. The number of alkyl halides is 2. The van der Waals surface area contributed by atoms with Gasteiger partial charge in [-0.2, -0.15) is 4.98 Å². The maximum atomic E-state index is 13.9. The van der Waals surface area contributed by atoms with Crippen molar-refractivity contribution in [3.8, 4) is 0 Å². The third-order valence-electron chi connectivity index (χ3n) is 3.74. The van der Waals surface area contributed by atoms with Gasteiger partial charge in [-0.3, -0.25) is 9.36 Å². The van der Waals surface area contributed by atoms with E-state index in [0.717, 1.165) is 6.20 Å². The van der Waals surface area contributed by atoms with Crippen LogP contribution in [-0.2, 0) is 9.53 Å². The fourth-order valence-corrected chi connectivity index (χ4v) is 2.28.